The summed E-state index contributed by atoms with van der Waals surface area (Å²) in [6.45, 7) is 3.82. The molecule has 0 saturated heterocycles. The number of carboxylic acid groups (broad SMARTS) is 1. The SMILES string of the molecule is Cc1ccc(Sc2nc(C)c(CC(=O)O)s2)nc1. The second-order valence-electron chi connectivity index (χ2n) is 3.83. The highest BCUT2D eigenvalue weighted by atomic mass is 32.2. The van der Waals surface area contributed by atoms with Gasteiger partial charge in [0.05, 0.1) is 12.1 Å². The fraction of sp³-hybridized carbons (Fsp3) is 0.250. The Bertz CT molecular complexity index is 564. The molecule has 0 spiro atoms. The molecule has 0 unspecified atom stereocenters. The molecule has 0 aliphatic rings. The molecule has 0 fully saturated rings. The van der Waals surface area contributed by atoms with Gasteiger partial charge in [-0.2, -0.15) is 0 Å². The number of hydrogen-bond donors (Lipinski definition) is 1. The zero-order valence-corrected chi connectivity index (χ0v) is 11.6. The minimum Gasteiger partial charge on any atom is -0.481 e. The molecular weight excluding hydrogens is 268 g/mol. The number of aliphatic carboxylic acids is 1. The molecule has 1 N–H and O–H groups in total. The number of pyridine rings is 1. The summed E-state index contributed by atoms with van der Waals surface area (Å²) in [6, 6.07) is 3.93. The zero-order chi connectivity index (χ0) is 13.1. The van der Waals surface area contributed by atoms with Crippen molar-refractivity contribution in [2.45, 2.75) is 29.6 Å². The number of carbonyl (C=O) groups is 1. The smallest absolute Gasteiger partial charge is 0.308 e. The molecule has 0 bridgehead atoms. The van der Waals surface area contributed by atoms with Crippen molar-refractivity contribution in [1.82, 2.24) is 9.97 Å². The van der Waals surface area contributed by atoms with Crippen LogP contribution < -0.4 is 0 Å². The van der Waals surface area contributed by atoms with Crippen LogP contribution in [0.4, 0.5) is 0 Å². The standard InChI is InChI=1S/C12H12N2O2S2/c1-7-3-4-10(13-6-7)18-12-14-8(2)9(17-12)5-11(15)16/h3-4,6H,5H2,1-2H3,(H,15,16). The summed E-state index contributed by atoms with van der Waals surface area (Å²) in [5, 5.41) is 9.65. The lowest BCUT2D eigenvalue weighted by molar-refractivity contribution is -0.136. The number of nitrogens with zero attached hydrogens (tertiary/aromatic N) is 2. The van der Waals surface area contributed by atoms with E-state index in [0.29, 0.717) is 0 Å². The Balaban J connectivity index is 2.14. The second kappa shape index (κ2) is 5.49. The Hall–Kier alpha value is -1.40. The molecular formula is C12H12N2O2S2. The third kappa shape index (κ3) is 3.30. The third-order valence-corrected chi connectivity index (χ3v) is 4.43. The average molecular weight is 280 g/mol. The summed E-state index contributed by atoms with van der Waals surface area (Å²) in [5.74, 6) is -0.827. The first-order valence-corrected chi connectivity index (χ1v) is 6.96. The van der Waals surface area contributed by atoms with Crippen LogP contribution in [0.3, 0.4) is 0 Å². The largest absolute Gasteiger partial charge is 0.481 e. The maximum Gasteiger partial charge on any atom is 0.308 e. The lowest BCUT2D eigenvalue weighted by Crippen LogP contribution is -1.99. The predicted octanol–water partition coefficient (Wildman–Crippen LogP) is 2.93. The first-order valence-electron chi connectivity index (χ1n) is 5.33. The topological polar surface area (TPSA) is 63.1 Å². The van der Waals surface area contributed by atoms with Crippen LogP contribution in [0, 0.1) is 13.8 Å². The van der Waals surface area contributed by atoms with E-state index < -0.39 is 5.97 Å². The Morgan fingerprint density at radius 1 is 1.44 bits per heavy atom. The number of hydrogen-bond acceptors (Lipinski definition) is 5. The lowest BCUT2D eigenvalue weighted by atomic mass is 10.3. The van der Waals surface area contributed by atoms with Crippen LogP contribution in [-0.2, 0) is 11.2 Å². The van der Waals surface area contributed by atoms with Crippen molar-refractivity contribution in [1.29, 1.82) is 0 Å². The Morgan fingerprint density at radius 3 is 2.83 bits per heavy atom. The number of thiazole rings is 1. The van der Waals surface area contributed by atoms with Crippen LogP contribution in [0.25, 0.3) is 0 Å². The number of carboxylic acids is 1. The van der Waals surface area contributed by atoms with Gasteiger partial charge >= 0.3 is 5.97 Å². The molecule has 0 radical (unpaired) electrons. The van der Waals surface area contributed by atoms with E-state index in [-0.39, 0.29) is 6.42 Å². The maximum atomic E-state index is 10.7. The van der Waals surface area contributed by atoms with Crippen molar-refractivity contribution in [3.63, 3.8) is 0 Å². The van der Waals surface area contributed by atoms with Gasteiger partial charge in [0.25, 0.3) is 0 Å². The van der Waals surface area contributed by atoms with Crippen LogP contribution in [0.5, 0.6) is 0 Å². The summed E-state index contributed by atoms with van der Waals surface area (Å²) >= 11 is 2.88. The molecule has 2 rings (SSSR count). The van der Waals surface area contributed by atoms with Gasteiger partial charge in [0.15, 0.2) is 4.34 Å². The fourth-order valence-electron chi connectivity index (χ4n) is 1.35. The first kappa shape index (κ1) is 13.0. The molecule has 4 nitrogen and oxygen atoms in total. The molecule has 0 saturated carbocycles. The van der Waals surface area contributed by atoms with Gasteiger partial charge in [0, 0.05) is 11.1 Å². The van der Waals surface area contributed by atoms with Gasteiger partial charge in [-0.25, -0.2) is 9.97 Å². The van der Waals surface area contributed by atoms with Crippen molar-refractivity contribution in [2.24, 2.45) is 0 Å². The minimum absolute atomic E-state index is 0.0331. The molecule has 94 valence electrons. The van der Waals surface area contributed by atoms with Gasteiger partial charge in [0.1, 0.15) is 5.03 Å². The van der Waals surface area contributed by atoms with E-state index in [0.717, 1.165) is 25.5 Å². The van der Waals surface area contributed by atoms with Crippen LogP contribution in [0.15, 0.2) is 27.7 Å². The molecule has 0 aliphatic heterocycles. The highest BCUT2D eigenvalue weighted by molar-refractivity contribution is 8.01. The highest BCUT2D eigenvalue weighted by Gasteiger charge is 2.12. The average Bonchev–Trinajstić information content (AvgIpc) is 2.62. The molecule has 0 amide bonds. The molecule has 0 aliphatic carbocycles. The molecule has 18 heavy (non-hydrogen) atoms. The molecule has 0 aromatic carbocycles. The Labute approximate surface area is 113 Å². The fourth-order valence-corrected chi connectivity index (χ4v) is 3.46. The van der Waals surface area contributed by atoms with Gasteiger partial charge in [0.2, 0.25) is 0 Å². The van der Waals surface area contributed by atoms with E-state index in [1.165, 1.54) is 23.1 Å². The van der Waals surface area contributed by atoms with E-state index in [9.17, 15) is 4.79 Å². The van der Waals surface area contributed by atoms with Gasteiger partial charge in [-0.15, -0.1) is 11.3 Å². The number of rotatable bonds is 4. The van der Waals surface area contributed by atoms with Crippen LogP contribution >= 0.6 is 23.1 Å². The van der Waals surface area contributed by atoms with Gasteiger partial charge in [-0.3, -0.25) is 4.79 Å². The number of aryl methyl sites for hydroxylation is 2. The lowest BCUT2D eigenvalue weighted by Gasteiger charge is -1.96. The summed E-state index contributed by atoms with van der Waals surface area (Å²) in [5.41, 5.74) is 1.90. The van der Waals surface area contributed by atoms with Crippen molar-refractivity contribution in [3.05, 3.63) is 34.5 Å². The predicted molar refractivity (Wildman–Crippen MR) is 71.3 cm³/mol. The molecule has 2 aromatic rings. The molecule has 0 atom stereocenters. The summed E-state index contributed by atoms with van der Waals surface area (Å²) in [4.78, 5) is 20.1. The highest BCUT2D eigenvalue weighted by Crippen LogP contribution is 2.32. The van der Waals surface area contributed by atoms with Gasteiger partial charge in [-0.05, 0) is 37.2 Å². The Morgan fingerprint density at radius 2 is 2.22 bits per heavy atom. The van der Waals surface area contributed by atoms with Crippen molar-refractivity contribution in [3.8, 4) is 0 Å². The minimum atomic E-state index is -0.827. The van der Waals surface area contributed by atoms with E-state index in [2.05, 4.69) is 9.97 Å². The first-order chi connectivity index (χ1) is 8.54. The van der Waals surface area contributed by atoms with Crippen molar-refractivity contribution >= 4 is 29.1 Å². The van der Waals surface area contributed by atoms with Crippen LogP contribution in [0.2, 0.25) is 0 Å². The summed E-state index contributed by atoms with van der Waals surface area (Å²) < 4.78 is 0.833. The van der Waals surface area contributed by atoms with E-state index in [1.54, 1.807) is 6.20 Å². The third-order valence-electron chi connectivity index (χ3n) is 2.26. The maximum absolute atomic E-state index is 10.7. The van der Waals surface area contributed by atoms with E-state index >= 15 is 0 Å². The molecule has 2 heterocycles. The second-order valence-corrected chi connectivity index (χ2v) is 6.19. The zero-order valence-electron chi connectivity index (χ0n) is 10.0. The quantitative estimate of drug-likeness (QED) is 0.933. The molecule has 2 aromatic heterocycles. The van der Waals surface area contributed by atoms with Crippen LogP contribution in [-0.4, -0.2) is 21.0 Å². The number of aromatic nitrogens is 2. The summed E-state index contributed by atoms with van der Waals surface area (Å²) in [7, 11) is 0. The van der Waals surface area contributed by atoms with Crippen molar-refractivity contribution in [2.75, 3.05) is 0 Å². The van der Waals surface area contributed by atoms with E-state index in [1.807, 2.05) is 26.0 Å². The van der Waals surface area contributed by atoms with Crippen LogP contribution in [0.1, 0.15) is 16.1 Å². The molecule has 6 heteroatoms. The van der Waals surface area contributed by atoms with Gasteiger partial charge in [-0.1, -0.05) is 6.07 Å². The Kier molecular flexibility index (Phi) is 3.98. The van der Waals surface area contributed by atoms with E-state index in [4.69, 9.17) is 5.11 Å². The monoisotopic (exact) mass is 280 g/mol. The normalized spacial score (nSPS) is 10.6. The van der Waals surface area contributed by atoms with Crippen molar-refractivity contribution < 1.29 is 9.90 Å². The van der Waals surface area contributed by atoms with Gasteiger partial charge < -0.3 is 5.11 Å². The summed E-state index contributed by atoms with van der Waals surface area (Å²) in [6.07, 6.45) is 1.84.